The molecule has 0 unspecified atom stereocenters. The van der Waals surface area contributed by atoms with Crippen LogP contribution in [0.2, 0.25) is 0 Å². The molecule has 98 valence electrons. The van der Waals surface area contributed by atoms with Crippen molar-refractivity contribution >= 4 is 17.5 Å². The second-order valence-electron chi connectivity index (χ2n) is 3.77. The number of nitrogens with one attached hydrogen (secondary N) is 1. The molecule has 0 saturated carbocycles. The van der Waals surface area contributed by atoms with Crippen LogP contribution < -0.4 is 10.1 Å². The third-order valence-electron chi connectivity index (χ3n) is 2.42. The van der Waals surface area contributed by atoms with Crippen LogP contribution in [0, 0.1) is 0 Å². The van der Waals surface area contributed by atoms with Gasteiger partial charge in [-0.05, 0) is 31.2 Å². The molecule has 0 aliphatic rings. The van der Waals surface area contributed by atoms with E-state index in [9.17, 15) is 4.79 Å². The Bertz CT molecular complexity index is 584. The molecule has 2 N–H and O–H groups in total. The van der Waals surface area contributed by atoms with Gasteiger partial charge in [-0.1, -0.05) is 18.2 Å². The van der Waals surface area contributed by atoms with Crippen LogP contribution in [0.1, 0.15) is 17.4 Å². The van der Waals surface area contributed by atoms with Gasteiger partial charge < -0.3 is 15.2 Å². The van der Waals surface area contributed by atoms with Gasteiger partial charge in [0.25, 0.3) is 0 Å². The lowest BCUT2D eigenvalue weighted by atomic mass is 10.3. The van der Waals surface area contributed by atoms with Crippen molar-refractivity contribution < 1.29 is 14.6 Å². The van der Waals surface area contributed by atoms with Gasteiger partial charge in [0.2, 0.25) is 0 Å². The number of aromatic carboxylic acids is 1. The van der Waals surface area contributed by atoms with E-state index < -0.39 is 5.97 Å². The molecule has 0 bridgehead atoms. The highest BCUT2D eigenvalue weighted by Gasteiger charge is 2.07. The van der Waals surface area contributed by atoms with Crippen molar-refractivity contribution in [2.24, 2.45) is 0 Å². The maximum atomic E-state index is 10.9. The Balaban J connectivity index is 2.26. The van der Waals surface area contributed by atoms with Crippen molar-refractivity contribution in [1.82, 2.24) is 4.98 Å². The van der Waals surface area contributed by atoms with Gasteiger partial charge >= 0.3 is 5.97 Å². The van der Waals surface area contributed by atoms with Crippen molar-refractivity contribution in [3.05, 3.63) is 48.2 Å². The third kappa shape index (κ3) is 3.22. The Morgan fingerprint density at radius 3 is 2.79 bits per heavy atom. The van der Waals surface area contributed by atoms with Crippen LogP contribution >= 0.6 is 0 Å². The standard InChI is InChI=1S/C14H14N2O3/c1-2-19-12-8-4-3-6-10(12)15-13-9-5-7-11(16-13)14(17)18/h3-9H,2H2,1H3,(H,15,16)(H,17,18). The minimum atomic E-state index is -1.05. The summed E-state index contributed by atoms with van der Waals surface area (Å²) in [6, 6.07) is 12.2. The van der Waals surface area contributed by atoms with Gasteiger partial charge in [-0.2, -0.15) is 0 Å². The van der Waals surface area contributed by atoms with Crippen LogP contribution in [0.15, 0.2) is 42.5 Å². The topological polar surface area (TPSA) is 71.5 Å². The van der Waals surface area contributed by atoms with Crippen LogP contribution in [0.5, 0.6) is 5.75 Å². The minimum absolute atomic E-state index is 0.00103. The number of hydrogen-bond acceptors (Lipinski definition) is 4. The number of nitrogens with zero attached hydrogens (tertiary/aromatic N) is 1. The SMILES string of the molecule is CCOc1ccccc1Nc1cccc(C(=O)O)n1. The van der Waals surface area contributed by atoms with E-state index in [0.29, 0.717) is 18.2 Å². The quantitative estimate of drug-likeness (QED) is 0.862. The smallest absolute Gasteiger partial charge is 0.354 e. The molecule has 0 saturated heterocycles. The van der Waals surface area contributed by atoms with Crippen molar-refractivity contribution in [1.29, 1.82) is 0 Å². The van der Waals surface area contributed by atoms with Gasteiger partial charge in [0.05, 0.1) is 12.3 Å². The molecule has 0 aliphatic heterocycles. The molecule has 1 heterocycles. The van der Waals surface area contributed by atoms with E-state index in [1.54, 1.807) is 12.1 Å². The van der Waals surface area contributed by atoms with Crippen LogP contribution in [0.3, 0.4) is 0 Å². The van der Waals surface area contributed by atoms with Gasteiger partial charge in [0, 0.05) is 0 Å². The van der Waals surface area contributed by atoms with Crippen molar-refractivity contribution in [3.8, 4) is 5.75 Å². The van der Waals surface area contributed by atoms with E-state index in [1.807, 2.05) is 31.2 Å². The first-order valence-corrected chi connectivity index (χ1v) is 5.90. The number of carboxylic acid groups (broad SMARTS) is 1. The molecule has 19 heavy (non-hydrogen) atoms. The highest BCUT2D eigenvalue weighted by molar-refractivity contribution is 5.86. The van der Waals surface area contributed by atoms with Crippen LogP contribution in [-0.2, 0) is 0 Å². The molecule has 5 heteroatoms. The summed E-state index contributed by atoms with van der Waals surface area (Å²) in [5, 5.41) is 12.0. The number of rotatable bonds is 5. The zero-order valence-corrected chi connectivity index (χ0v) is 10.5. The Kier molecular flexibility index (Phi) is 3.97. The molecule has 0 aliphatic carbocycles. The molecule has 1 aromatic carbocycles. The normalized spacial score (nSPS) is 9.95. The minimum Gasteiger partial charge on any atom is -0.492 e. The first-order valence-electron chi connectivity index (χ1n) is 5.90. The summed E-state index contributed by atoms with van der Waals surface area (Å²) in [6.45, 7) is 2.46. The summed E-state index contributed by atoms with van der Waals surface area (Å²) in [5.41, 5.74) is 0.748. The van der Waals surface area contributed by atoms with E-state index in [0.717, 1.165) is 5.69 Å². The summed E-state index contributed by atoms with van der Waals surface area (Å²) < 4.78 is 5.48. The Morgan fingerprint density at radius 1 is 1.26 bits per heavy atom. The van der Waals surface area contributed by atoms with Crippen molar-refractivity contribution in [3.63, 3.8) is 0 Å². The molecular formula is C14H14N2O3. The lowest BCUT2D eigenvalue weighted by molar-refractivity contribution is 0.0690. The Hall–Kier alpha value is -2.56. The zero-order chi connectivity index (χ0) is 13.7. The molecule has 1 aromatic heterocycles. The monoisotopic (exact) mass is 258 g/mol. The first kappa shape index (κ1) is 12.9. The van der Waals surface area contributed by atoms with Crippen LogP contribution in [-0.4, -0.2) is 22.7 Å². The summed E-state index contributed by atoms with van der Waals surface area (Å²) in [4.78, 5) is 14.9. The summed E-state index contributed by atoms with van der Waals surface area (Å²) in [5.74, 6) is 0.112. The lowest BCUT2D eigenvalue weighted by Gasteiger charge is -2.11. The molecule has 0 spiro atoms. The predicted molar refractivity (Wildman–Crippen MR) is 72.1 cm³/mol. The molecule has 2 rings (SSSR count). The Morgan fingerprint density at radius 2 is 2.05 bits per heavy atom. The predicted octanol–water partition coefficient (Wildman–Crippen LogP) is 2.92. The highest BCUT2D eigenvalue weighted by atomic mass is 16.5. The second-order valence-corrected chi connectivity index (χ2v) is 3.77. The van der Waals surface area contributed by atoms with Crippen molar-refractivity contribution in [2.75, 3.05) is 11.9 Å². The molecule has 2 aromatic rings. The number of ether oxygens (including phenoxy) is 1. The molecule has 0 fully saturated rings. The fourth-order valence-electron chi connectivity index (χ4n) is 1.61. The molecule has 0 atom stereocenters. The van der Waals surface area contributed by atoms with E-state index in [4.69, 9.17) is 9.84 Å². The van der Waals surface area contributed by atoms with E-state index in [1.165, 1.54) is 6.07 Å². The largest absolute Gasteiger partial charge is 0.492 e. The third-order valence-corrected chi connectivity index (χ3v) is 2.42. The molecule has 0 radical (unpaired) electrons. The number of pyridine rings is 1. The van der Waals surface area contributed by atoms with Crippen molar-refractivity contribution in [2.45, 2.75) is 6.92 Å². The molecular weight excluding hydrogens is 244 g/mol. The number of benzene rings is 1. The first-order chi connectivity index (χ1) is 9.20. The molecule has 5 nitrogen and oxygen atoms in total. The van der Waals surface area contributed by atoms with Gasteiger partial charge in [0.1, 0.15) is 11.6 Å². The number of aromatic nitrogens is 1. The average molecular weight is 258 g/mol. The number of anilines is 2. The number of carbonyl (C=O) groups is 1. The summed E-state index contributed by atoms with van der Waals surface area (Å²) in [7, 11) is 0. The average Bonchev–Trinajstić information content (AvgIpc) is 2.41. The zero-order valence-electron chi connectivity index (χ0n) is 10.5. The van der Waals surface area contributed by atoms with E-state index in [-0.39, 0.29) is 5.69 Å². The summed E-state index contributed by atoms with van der Waals surface area (Å²) in [6.07, 6.45) is 0. The van der Waals surface area contributed by atoms with E-state index >= 15 is 0 Å². The number of carboxylic acids is 1. The highest BCUT2D eigenvalue weighted by Crippen LogP contribution is 2.26. The van der Waals surface area contributed by atoms with E-state index in [2.05, 4.69) is 10.3 Å². The summed E-state index contributed by atoms with van der Waals surface area (Å²) >= 11 is 0. The number of hydrogen-bond donors (Lipinski definition) is 2. The fourth-order valence-corrected chi connectivity index (χ4v) is 1.61. The maximum absolute atomic E-state index is 10.9. The van der Waals surface area contributed by atoms with Crippen LogP contribution in [0.25, 0.3) is 0 Å². The Labute approximate surface area is 110 Å². The van der Waals surface area contributed by atoms with Gasteiger partial charge in [0.15, 0.2) is 5.69 Å². The second kappa shape index (κ2) is 5.86. The molecule has 0 amide bonds. The lowest BCUT2D eigenvalue weighted by Crippen LogP contribution is -2.03. The fraction of sp³-hybridized carbons (Fsp3) is 0.143. The van der Waals surface area contributed by atoms with Crippen LogP contribution in [0.4, 0.5) is 11.5 Å². The van der Waals surface area contributed by atoms with Gasteiger partial charge in [-0.3, -0.25) is 0 Å². The number of para-hydroxylation sites is 2. The maximum Gasteiger partial charge on any atom is 0.354 e. The van der Waals surface area contributed by atoms with Gasteiger partial charge in [-0.25, -0.2) is 9.78 Å². The van der Waals surface area contributed by atoms with Gasteiger partial charge in [-0.15, -0.1) is 0 Å².